The number of nitrogens with zero attached hydrogens (tertiary/aromatic N) is 2. The van der Waals surface area contributed by atoms with Crippen LogP contribution in [0.4, 0.5) is 5.82 Å². The van der Waals surface area contributed by atoms with Crippen molar-refractivity contribution in [3.8, 4) is 0 Å². The van der Waals surface area contributed by atoms with Gasteiger partial charge in [-0.2, -0.15) is 0 Å². The van der Waals surface area contributed by atoms with Crippen LogP contribution in [0.25, 0.3) is 10.9 Å². The van der Waals surface area contributed by atoms with E-state index in [-0.39, 0.29) is 11.9 Å². The van der Waals surface area contributed by atoms with Gasteiger partial charge in [-0.25, -0.2) is 4.98 Å². The number of nitrogens with two attached hydrogens (primary N) is 1. The highest BCUT2D eigenvalue weighted by atomic mass is 16.3. The number of hydrogen-bond acceptors (Lipinski definition) is 4. The quantitative estimate of drug-likeness (QED) is 0.554. The lowest BCUT2D eigenvalue weighted by atomic mass is 10.1. The second-order valence-corrected chi connectivity index (χ2v) is 4.85. The van der Waals surface area contributed by atoms with Crippen LogP contribution in [-0.4, -0.2) is 35.1 Å². The third-order valence-electron chi connectivity index (χ3n) is 3.48. The van der Waals surface area contributed by atoms with Gasteiger partial charge >= 0.3 is 0 Å². The zero-order chi connectivity index (χ0) is 13.4. The maximum atomic E-state index is 9.62. The number of pyridine rings is 1. The van der Waals surface area contributed by atoms with Crippen LogP contribution in [0.2, 0.25) is 0 Å². The van der Waals surface area contributed by atoms with E-state index < -0.39 is 0 Å². The Balaban J connectivity index is 2.13. The molecule has 2 heterocycles. The second-order valence-electron chi connectivity index (χ2n) is 4.85. The fraction of sp³-hybridized carbons (Fsp3) is 0.286. The predicted octanol–water partition coefficient (Wildman–Crippen LogP) is 1.09. The standard InChI is InChI=1S/C14H16N4O/c15-14(16)11-7-13(18-6-5-9(19)8-18)17-12-4-2-1-3-10(11)12/h1-4,7,9,19H,5-6,8H2,(H3,15,16). The molecule has 1 aliphatic heterocycles. The molecule has 2 aromatic rings. The van der Waals surface area contributed by atoms with Crippen LogP contribution < -0.4 is 10.6 Å². The van der Waals surface area contributed by atoms with Crippen LogP contribution in [0, 0.1) is 5.41 Å². The summed E-state index contributed by atoms with van der Waals surface area (Å²) in [5, 5.41) is 18.2. The van der Waals surface area contributed by atoms with Crippen molar-refractivity contribution in [2.24, 2.45) is 5.73 Å². The monoisotopic (exact) mass is 256 g/mol. The Kier molecular flexibility index (Phi) is 2.83. The molecule has 1 aliphatic rings. The maximum absolute atomic E-state index is 9.62. The zero-order valence-electron chi connectivity index (χ0n) is 10.5. The van der Waals surface area contributed by atoms with E-state index in [1.165, 1.54) is 0 Å². The molecule has 1 saturated heterocycles. The molecule has 98 valence electrons. The number of benzene rings is 1. The highest BCUT2D eigenvalue weighted by Crippen LogP contribution is 2.25. The fourth-order valence-corrected chi connectivity index (χ4v) is 2.50. The molecule has 0 aliphatic carbocycles. The van der Waals surface area contributed by atoms with Crippen molar-refractivity contribution in [2.75, 3.05) is 18.0 Å². The third kappa shape index (κ3) is 2.13. The van der Waals surface area contributed by atoms with Crippen LogP contribution in [0.15, 0.2) is 30.3 Å². The molecule has 0 amide bonds. The molecular formula is C14H16N4O. The zero-order valence-corrected chi connectivity index (χ0v) is 10.5. The number of nitrogen functional groups attached to an aromatic ring is 1. The number of fused-ring (bicyclic) bond motifs is 1. The Hall–Kier alpha value is -2.14. The van der Waals surface area contributed by atoms with Crippen molar-refractivity contribution in [1.29, 1.82) is 5.41 Å². The Morgan fingerprint density at radius 1 is 1.42 bits per heavy atom. The van der Waals surface area contributed by atoms with Crippen molar-refractivity contribution >= 4 is 22.6 Å². The summed E-state index contributed by atoms with van der Waals surface area (Å²) in [7, 11) is 0. The van der Waals surface area contributed by atoms with Gasteiger partial charge in [-0.3, -0.25) is 5.41 Å². The summed E-state index contributed by atoms with van der Waals surface area (Å²) in [5.74, 6) is 0.819. The van der Waals surface area contributed by atoms with Gasteiger partial charge in [-0.15, -0.1) is 0 Å². The minimum atomic E-state index is -0.297. The molecule has 1 unspecified atom stereocenters. The van der Waals surface area contributed by atoms with Gasteiger partial charge in [0.2, 0.25) is 0 Å². The highest BCUT2D eigenvalue weighted by molar-refractivity contribution is 6.07. The number of nitrogens with one attached hydrogen (secondary N) is 1. The molecular weight excluding hydrogens is 240 g/mol. The van der Waals surface area contributed by atoms with E-state index in [0.29, 0.717) is 12.1 Å². The lowest BCUT2D eigenvalue weighted by Crippen LogP contribution is -2.23. The summed E-state index contributed by atoms with van der Waals surface area (Å²) < 4.78 is 0. The molecule has 0 spiro atoms. The summed E-state index contributed by atoms with van der Waals surface area (Å²) in [6, 6.07) is 9.50. The fourth-order valence-electron chi connectivity index (χ4n) is 2.50. The summed E-state index contributed by atoms with van der Waals surface area (Å²) in [5.41, 5.74) is 7.18. The first-order chi connectivity index (χ1) is 9.15. The number of aromatic nitrogens is 1. The molecule has 1 fully saturated rings. The van der Waals surface area contributed by atoms with Crippen molar-refractivity contribution in [2.45, 2.75) is 12.5 Å². The number of para-hydroxylation sites is 1. The number of aliphatic hydroxyl groups is 1. The van der Waals surface area contributed by atoms with Crippen molar-refractivity contribution in [3.05, 3.63) is 35.9 Å². The predicted molar refractivity (Wildman–Crippen MR) is 75.6 cm³/mol. The Morgan fingerprint density at radius 2 is 2.21 bits per heavy atom. The molecule has 0 radical (unpaired) electrons. The van der Waals surface area contributed by atoms with E-state index >= 15 is 0 Å². The van der Waals surface area contributed by atoms with Gasteiger partial charge in [0, 0.05) is 24.0 Å². The molecule has 3 rings (SSSR count). The van der Waals surface area contributed by atoms with E-state index in [1.54, 1.807) is 0 Å². The first-order valence-electron chi connectivity index (χ1n) is 6.32. The van der Waals surface area contributed by atoms with Crippen LogP contribution in [0.3, 0.4) is 0 Å². The van der Waals surface area contributed by atoms with Gasteiger partial charge in [-0.1, -0.05) is 18.2 Å². The van der Waals surface area contributed by atoms with E-state index in [2.05, 4.69) is 4.98 Å². The Bertz CT molecular complexity index is 640. The number of hydrogen-bond donors (Lipinski definition) is 3. The number of amidine groups is 1. The van der Waals surface area contributed by atoms with Crippen molar-refractivity contribution in [3.63, 3.8) is 0 Å². The molecule has 0 saturated carbocycles. The van der Waals surface area contributed by atoms with E-state index in [9.17, 15) is 5.11 Å². The molecule has 1 atom stereocenters. The SMILES string of the molecule is N=C(N)c1cc(N2CCC(O)C2)nc2ccccc12. The van der Waals surface area contributed by atoms with E-state index in [4.69, 9.17) is 11.1 Å². The molecule has 4 N–H and O–H groups in total. The largest absolute Gasteiger partial charge is 0.391 e. The van der Waals surface area contributed by atoms with Gasteiger partial charge in [-0.05, 0) is 18.6 Å². The number of anilines is 1. The van der Waals surface area contributed by atoms with Crippen LogP contribution in [0.1, 0.15) is 12.0 Å². The molecule has 5 nitrogen and oxygen atoms in total. The molecule has 19 heavy (non-hydrogen) atoms. The smallest absolute Gasteiger partial charge is 0.130 e. The summed E-state index contributed by atoms with van der Waals surface area (Å²) >= 11 is 0. The van der Waals surface area contributed by atoms with Crippen molar-refractivity contribution in [1.82, 2.24) is 4.98 Å². The minimum absolute atomic E-state index is 0.0413. The Morgan fingerprint density at radius 3 is 2.89 bits per heavy atom. The van der Waals surface area contributed by atoms with Gasteiger partial charge in [0.05, 0.1) is 11.6 Å². The summed E-state index contributed by atoms with van der Waals surface area (Å²) in [6.07, 6.45) is 0.457. The molecule has 0 bridgehead atoms. The average molecular weight is 256 g/mol. The average Bonchev–Trinajstić information content (AvgIpc) is 2.84. The van der Waals surface area contributed by atoms with E-state index in [1.807, 2.05) is 35.2 Å². The first kappa shape index (κ1) is 11.9. The van der Waals surface area contributed by atoms with Gasteiger partial charge in [0.1, 0.15) is 11.7 Å². The third-order valence-corrected chi connectivity index (χ3v) is 3.48. The topological polar surface area (TPSA) is 86.2 Å². The summed E-state index contributed by atoms with van der Waals surface area (Å²) in [4.78, 5) is 6.63. The van der Waals surface area contributed by atoms with E-state index in [0.717, 1.165) is 29.7 Å². The van der Waals surface area contributed by atoms with Crippen LogP contribution in [-0.2, 0) is 0 Å². The minimum Gasteiger partial charge on any atom is -0.391 e. The number of rotatable bonds is 2. The number of β-amino-alcohol motifs (C(OH)–C–C–N with tert-alkyl or cyclic N) is 1. The Labute approximate surface area is 111 Å². The van der Waals surface area contributed by atoms with Gasteiger partial charge < -0.3 is 15.7 Å². The van der Waals surface area contributed by atoms with Gasteiger partial charge in [0.25, 0.3) is 0 Å². The lowest BCUT2D eigenvalue weighted by Gasteiger charge is -2.18. The van der Waals surface area contributed by atoms with Crippen LogP contribution in [0.5, 0.6) is 0 Å². The lowest BCUT2D eigenvalue weighted by molar-refractivity contribution is 0.198. The maximum Gasteiger partial charge on any atom is 0.130 e. The normalized spacial score (nSPS) is 19.0. The molecule has 5 heteroatoms. The first-order valence-corrected chi connectivity index (χ1v) is 6.32. The molecule has 1 aromatic heterocycles. The molecule has 1 aromatic carbocycles. The number of aliphatic hydroxyl groups excluding tert-OH is 1. The highest BCUT2D eigenvalue weighted by Gasteiger charge is 2.22. The van der Waals surface area contributed by atoms with Crippen LogP contribution >= 0.6 is 0 Å². The second kappa shape index (κ2) is 4.51. The van der Waals surface area contributed by atoms with Gasteiger partial charge in [0.15, 0.2) is 0 Å². The van der Waals surface area contributed by atoms with Crippen molar-refractivity contribution < 1.29 is 5.11 Å². The summed E-state index contributed by atoms with van der Waals surface area (Å²) in [6.45, 7) is 1.37.